The van der Waals surface area contributed by atoms with Gasteiger partial charge in [0.2, 0.25) is 5.91 Å². The third kappa shape index (κ3) is 3.65. The molecule has 2 atom stereocenters. The average molecular weight is 367 g/mol. The number of nitrogens with one attached hydrogen (secondary N) is 2. The number of halogens is 1. The minimum Gasteiger partial charge on any atom is -0.326 e. The summed E-state index contributed by atoms with van der Waals surface area (Å²) in [5.74, 6) is -0.600. The van der Waals surface area contributed by atoms with E-state index < -0.39 is 0 Å². The highest BCUT2D eigenvalue weighted by molar-refractivity contribution is 5.95. The van der Waals surface area contributed by atoms with Crippen molar-refractivity contribution in [3.8, 4) is 0 Å². The Labute approximate surface area is 157 Å². The Kier molecular flexibility index (Phi) is 4.34. The number of benzene rings is 2. The molecule has 5 nitrogen and oxygen atoms in total. The van der Waals surface area contributed by atoms with Crippen LogP contribution in [0.2, 0.25) is 0 Å². The summed E-state index contributed by atoms with van der Waals surface area (Å²) in [5, 5.41) is 5.70. The second kappa shape index (κ2) is 6.68. The number of amides is 3. The van der Waals surface area contributed by atoms with E-state index in [1.54, 1.807) is 17.0 Å². The normalized spacial score (nSPS) is 23.3. The molecule has 2 aromatic rings. The lowest BCUT2D eigenvalue weighted by Crippen LogP contribution is -2.33. The number of carbonyl (C=O) groups excluding carboxylic acids is 2. The molecule has 0 aromatic heterocycles. The third-order valence-corrected chi connectivity index (χ3v) is 5.57. The van der Waals surface area contributed by atoms with Crippen molar-refractivity contribution in [2.75, 3.05) is 23.7 Å². The second-order valence-electron chi connectivity index (χ2n) is 7.59. The second-order valence-corrected chi connectivity index (χ2v) is 7.59. The number of hydrogen-bond acceptors (Lipinski definition) is 2. The van der Waals surface area contributed by atoms with Crippen LogP contribution in [0.25, 0.3) is 0 Å². The minimum absolute atomic E-state index is 0.0959. The van der Waals surface area contributed by atoms with E-state index in [1.165, 1.54) is 12.1 Å². The fourth-order valence-corrected chi connectivity index (χ4v) is 3.87. The van der Waals surface area contributed by atoms with Gasteiger partial charge in [0.25, 0.3) is 0 Å². The highest BCUT2D eigenvalue weighted by atomic mass is 19.1. The van der Waals surface area contributed by atoms with Gasteiger partial charge >= 0.3 is 6.03 Å². The molecule has 3 amide bonds. The molecule has 0 radical (unpaired) electrons. The number of carbonyl (C=O) groups is 2. The number of aryl methyl sites for hydroxylation is 1. The molecule has 1 spiro atoms. The van der Waals surface area contributed by atoms with E-state index in [9.17, 15) is 14.0 Å². The first-order valence-corrected chi connectivity index (χ1v) is 9.14. The summed E-state index contributed by atoms with van der Waals surface area (Å²) in [5.41, 5.74) is 2.23. The first kappa shape index (κ1) is 17.5. The Morgan fingerprint density at radius 3 is 2.63 bits per heavy atom. The maximum atomic E-state index is 13.3. The van der Waals surface area contributed by atoms with Gasteiger partial charge in [-0.25, -0.2) is 9.18 Å². The van der Waals surface area contributed by atoms with Crippen LogP contribution < -0.4 is 10.6 Å². The van der Waals surface area contributed by atoms with Crippen molar-refractivity contribution in [2.24, 2.45) is 11.3 Å². The molecule has 2 aliphatic rings. The fourth-order valence-electron chi connectivity index (χ4n) is 3.87. The Hall–Kier alpha value is -2.89. The zero-order chi connectivity index (χ0) is 19.0. The lowest BCUT2D eigenvalue weighted by Gasteiger charge is -2.17. The van der Waals surface area contributed by atoms with Gasteiger partial charge in [-0.3, -0.25) is 4.79 Å². The van der Waals surface area contributed by atoms with Crippen molar-refractivity contribution in [1.29, 1.82) is 0 Å². The lowest BCUT2D eigenvalue weighted by atomic mass is 10.0. The van der Waals surface area contributed by atoms with Crippen LogP contribution in [-0.2, 0) is 4.79 Å². The molecule has 1 saturated heterocycles. The third-order valence-electron chi connectivity index (χ3n) is 5.57. The number of likely N-dealkylation sites (tertiary alicyclic amines) is 1. The topological polar surface area (TPSA) is 61.4 Å². The summed E-state index contributed by atoms with van der Waals surface area (Å²) in [6, 6.07) is 13.4. The Bertz CT molecular complexity index is 883. The maximum absolute atomic E-state index is 13.3. The van der Waals surface area contributed by atoms with Gasteiger partial charge in [-0.05, 0) is 50.1 Å². The molecule has 1 heterocycles. The zero-order valence-corrected chi connectivity index (χ0v) is 15.2. The van der Waals surface area contributed by atoms with Gasteiger partial charge in [0, 0.05) is 35.8 Å². The molecule has 6 heteroatoms. The van der Waals surface area contributed by atoms with Gasteiger partial charge in [-0.1, -0.05) is 23.8 Å². The van der Waals surface area contributed by atoms with Gasteiger partial charge in [0.05, 0.1) is 0 Å². The number of nitrogens with zero attached hydrogens (tertiary/aromatic N) is 1. The smallest absolute Gasteiger partial charge is 0.321 e. The summed E-state index contributed by atoms with van der Waals surface area (Å²) in [7, 11) is 0. The van der Waals surface area contributed by atoms with Gasteiger partial charge in [-0.15, -0.1) is 0 Å². The van der Waals surface area contributed by atoms with Crippen LogP contribution in [0.15, 0.2) is 48.5 Å². The Balaban J connectivity index is 1.33. The Morgan fingerprint density at radius 1 is 1.11 bits per heavy atom. The quantitative estimate of drug-likeness (QED) is 0.861. The van der Waals surface area contributed by atoms with Crippen molar-refractivity contribution in [3.05, 3.63) is 59.9 Å². The molecule has 2 aromatic carbocycles. The van der Waals surface area contributed by atoms with Crippen molar-refractivity contribution in [2.45, 2.75) is 19.8 Å². The molecule has 0 bridgehead atoms. The van der Waals surface area contributed by atoms with E-state index in [1.807, 2.05) is 31.2 Å². The fraction of sp³-hybridized carbons (Fsp3) is 0.333. The number of urea groups is 1. The van der Waals surface area contributed by atoms with Gasteiger partial charge in [-0.2, -0.15) is 0 Å². The lowest BCUT2D eigenvalue weighted by molar-refractivity contribution is -0.118. The zero-order valence-electron chi connectivity index (χ0n) is 15.2. The molecule has 1 aliphatic heterocycles. The summed E-state index contributed by atoms with van der Waals surface area (Å²) in [6.45, 7) is 3.21. The first-order valence-electron chi connectivity index (χ1n) is 9.14. The first-order chi connectivity index (χ1) is 12.9. The van der Waals surface area contributed by atoms with Crippen LogP contribution in [0.3, 0.4) is 0 Å². The highest BCUT2D eigenvalue weighted by Crippen LogP contribution is 2.58. The van der Waals surface area contributed by atoms with Crippen molar-refractivity contribution in [1.82, 2.24) is 4.90 Å². The molecule has 1 aliphatic carbocycles. The molecular formula is C21H22FN3O2. The van der Waals surface area contributed by atoms with Gasteiger partial charge in [0.1, 0.15) is 5.82 Å². The standard InChI is InChI=1S/C21H22FN3O2/c1-14-5-7-16(8-6-14)24-20(27)25-10-9-21(13-25)12-18(21)19(26)23-17-4-2-3-15(22)11-17/h2-8,11,18H,9-10,12-13H2,1H3,(H,23,26)(H,24,27)/t18-,21+/m0/s1. The van der Waals surface area contributed by atoms with Crippen LogP contribution in [-0.4, -0.2) is 29.9 Å². The van der Waals surface area contributed by atoms with Gasteiger partial charge in [0.15, 0.2) is 0 Å². The van der Waals surface area contributed by atoms with E-state index in [-0.39, 0.29) is 29.1 Å². The predicted octanol–water partition coefficient (Wildman–Crippen LogP) is 4.02. The van der Waals surface area contributed by atoms with Crippen molar-refractivity contribution < 1.29 is 14.0 Å². The molecule has 4 rings (SSSR count). The summed E-state index contributed by atoms with van der Waals surface area (Å²) in [6.07, 6.45) is 1.58. The molecule has 27 heavy (non-hydrogen) atoms. The molecule has 2 fully saturated rings. The number of rotatable bonds is 3. The SMILES string of the molecule is Cc1ccc(NC(=O)N2CC[C@@]3(C[C@H]3C(=O)Nc3cccc(F)c3)C2)cc1. The van der Waals surface area contributed by atoms with Crippen LogP contribution in [0.5, 0.6) is 0 Å². The van der Waals surface area contributed by atoms with Crippen LogP contribution in [0, 0.1) is 24.1 Å². The monoisotopic (exact) mass is 367 g/mol. The van der Waals surface area contributed by atoms with Crippen molar-refractivity contribution >= 4 is 23.3 Å². The summed E-state index contributed by atoms with van der Waals surface area (Å²) >= 11 is 0. The van der Waals surface area contributed by atoms with Gasteiger partial charge < -0.3 is 15.5 Å². The molecular weight excluding hydrogens is 345 g/mol. The van der Waals surface area contributed by atoms with E-state index in [0.29, 0.717) is 18.8 Å². The molecule has 1 saturated carbocycles. The average Bonchev–Trinajstić information content (AvgIpc) is 3.17. The molecule has 2 N–H and O–H groups in total. The maximum Gasteiger partial charge on any atom is 0.321 e. The Morgan fingerprint density at radius 2 is 1.89 bits per heavy atom. The van der Waals surface area contributed by atoms with Crippen LogP contribution >= 0.6 is 0 Å². The predicted molar refractivity (Wildman–Crippen MR) is 102 cm³/mol. The van der Waals surface area contributed by atoms with E-state index in [0.717, 1.165) is 24.1 Å². The van der Waals surface area contributed by atoms with Crippen LogP contribution in [0.4, 0.5) is 20.6 Å². The largest absolute Gasteiger partial charge is 0.326 e. The number of hydrogen-bond donors (Lipinski definition) is 2. The highest BCUT2D eigenvalue weighted by Gasteiger charge is 2.61. The molecule has 140 valence electrons. The van der Waals surface area contributed by atoms with Crippen LogP contribution in [0.1, 0.15) is 18.4 Å². The minimum atomic E-state index is -0.377. The summed E-state index contributed by atoms with van der Waals surface area (Å²) < 4.78 is 13.3. The van der Waals surface area contributed by atoms with E-state index in [2.05, 4.69) is 10.6 Å². The molecule has 0 unspecified atom stereocenters. The van der Waals surface area contributed by atoms with E-state index in [4.69, 9.17) is 0 Å². The van der Waals surface area contributed by atoms with E-state index >= 15 is 0 Å². The number of anilines is 2. The summed E-state index contributed by atoms with van der Waals surface area (Å²) in [4.78, 5) is 26.8. The van der Waals surface area contributed by atoms with Crippen molar-refractivity contribution in [3.63, 3.8) is 0 Å².